The highest BCUT2D eigenvalue weighted by atomic mass is 35.5. The number of aliphatic hydroxyl groups is 1. The molecule has 0 radical (unpaired) electrons. The van der Waals surface area contributed by atoms with E-state index < -0.39 is 23.9 Å². The summed E-state index contributed by atoms with van der Waals surface area (Å²) in [7, 11) is 2.93. The van der Waals surface area contributed by atoms with Gasteiger partial charge in [0.1, 0.15) is 6.61 Å². The van der Waals surface area contributed by atoms with Crippen LogP contribution in [0.5, 0.6) is 0 Å². The monoisotopic (exact) mass is 258 g/mol. The maximum atomic E-state index is 10.5. The Morgan fingerprint density at radius 1 is 1.14 bits per heavy atom. The lowest BCUT2D eigenvalue weighted by molar-refractivity contribution is -0.159. The first-order valence-electron chi connectivity index (χ1n) is 3.29. The summed E-state index contributed by atoms with van der Waals surface area (Å²) in [5.41, 5.74) is -1.14. The average molecular weight is 259 g/mol. The molecule has 0 saturated heterocycles. The van der Waals surface area contributed by atoms with Crippen molar-refractivity contribution < 1.29 is 27.8 Å². The van der Waals surface area contributed by atoms with Gasteiger partial charge in [-0.15, -0.1) is 0 Å². The van der Waals surface area contributed by atoms with E-state index >= 15 is 0 Å². The molecule has 0 aromatic carbocycles. The summed E-state index contributed by atoms with van der Waals surface area (Å²) < 4.78 is 40.8. The molecule has 0 heterocycles. The largest absolute Gasteiger partial charge is 0.411 e. The number of aliphatic hydroxyl groups excluding tert-OH is 1. The van der Waals surface area contributed by atoms with E-state index in [1.807, 2.05) is 0 Å². The number of halogens is 5. The summed E-state index contributed by atoms with van der Waals surface area (Å²) in [6, 6.07) is 0. The molecule has 2 unspecified atom stereocenters. The second-order valence-corrected chi connectivity index (χ2v) is 2.81. The van der Waals surface area contributed by atoms with Crippen LogP contribution in [0.2, 0.25) is 0 Å². The van der Waals surface area contributed by atoms with Crippen molar-refractivity contribution >= 4 is 23.2 Å². The Balaban J connectivity index is 0. The van der Waals surface area contributed by atoms with Crippen molar-refractivity contribution in [2.75, 3.05) is 20.8 Å². The van der Waals surface area contributed by atoms with E-state index in [1.165, 1.54) is 14.2 Å². The molecule has 0 rings (SSSR count). The van der Waals surface area contributed by atoms with Crippen LogP contribution >= 0.6 is 23.2 Å². The molecule has 0 aromatic heterocycles. The lowest BCUT2D eigenvalue weighted by Gasteiger charge is -2.11. The van der Waals surface area contributed by atoms with Crippen molar-refractivity contribution in [3.05, 3.63) is 0 Å². The van der Waals surface area contributed by atoms with E-state index in [-0.39, 0.29) is 0 Å². The second-order valence-electron chi connectivity index (χ2n) is 1.95. The van der Waals surface area contributed by atoms with Gasteiger partial charge < -0.3 is 14.6 Å². The summed E-state index contributed by atoms with van der Waals surface area (Å²) in [6.45, 7) is -1.73. The van der Waals surface area contributed by atoms with Gasteiger partial charge in [0, 0.05) is 14.2 Å². The van der Waals surface area contributed by atoms with E-state index in [9.17, 15) is 13.2 Å². The smallest absolute Gasteiger partial charge is 0.387 e. The fraction of sp³-hybridized carbons (Fsp3) is 1.00. The summed E-state index contributed by atoms with van der Waals surface area (Å²) >= 11 is 10.9. The molecule has 8 heteroatoms. The van der Waals surface area contributed by atoms with Crippen LogP contribution < -0.4 is 0 Å². The Hall–Kier alpha value is 0.250. The van der Waals surface area contributed by atoms with E-state index in [1.54, 1.807) is 0 Å². The van der Waals surface area contributed by atoms with Crippen LogP contribution in [0.3, 0.4) is 0 Å². The third-order valence-electron chi connectivity index (χ3n) is 0.836. The van der Waals surface area contributed by atoms with Gasteiger partial charge in [0.15, 0.2) is 11.1 Å². The highest BCUT2D eigenvalue weighted by Crippen LogP contribution is 2.11. The molecule has 0 spiro atoms. The second kappa shape index (κ2) is 8.55. The van der Waals surface area contributed by atoms with E-state index in [2.05, 4.69) is 9.47 Å². The number of ether oxygens (including phenoxy) is 2. The first-order chi connectivity index (χ1) is 6.28. The molecule has 88 valence electrons. The van der Waals surface area contributed by atoms with E-state index in [0.717, 1.165) is 0 Å². The molecule has 0 amide bonds. The van der Waals surface area contributed by atoms with Crippen molar-refractivity contribution in [1.82, 2.24) is 0 Å². The normalized spacial score (nSPS) is 15.4. The summed E-state index contributed by atoms with van der Waals surface area (Å²) in [5.74, 6) is 0. The minimum absolute atomic E-state index is 0.568. The lowest BCUT2D eigenvalue weighted by atomic mass is 10.7. The average Bonchev–Trinajstić information content (AvgIpc) is 2.15. The van der Waals surface area contributed by atoms with Crippen molar-refractivity contribution in [2.24, 2.45) is 0 Å². The Labute approximate surface area is 89.7 Å². The molecule has 0 aliphatic heterocycles. The number of alkyl halides is 5. The molecule has 0 fully saturated rings. The van der Waals surface area contributed by atoms with E-state index in [4.69, 9.17) is 28.3 Å². The number of methoxy groups -OCH3 is 2. The molecule has 1 N–H and O–H groups in total. The number of hydrogen-bond acceptors (Lipinski definition) is 3. The fourth-order valence-corrected chi connectivity index (χ4v) is 0.420. The van der Waals surface area contributed by atoms with Gasteiger partial charge in [0.05, 0.1) is 0 Å². The van der Waals surface area contributed by atoms with Crippen LogP contribution in [-0.4, -0.2) is 43.2 Å². The van der Waals surface area contributed by atoms with Gasteiger partial charge in [-0.2, -0.15) is 13.2 Å². The standard InChI is InChI=1S/C4H8Cl2O2.C2H3F3O/c1-7-3(5)4(6)8-2;3-2(4,5)1-6/h3-4H,1-2H3;6H,1H2. The molecule has 0 bridgehead atoms. The number of rotatable bonds is 3. The molecular formula is C6H11Cl2F3O3. The van der Waals surface area contributed by atoms with Crippen molar-refractivity contribution in [3.63, 3.8) is 0 Å². The third kappa shape index (κ3) is 12.2. The lowest BCUT2D eigenvalue weighted by Crippen LogP contribution is -2.18. The highest BCUT2D eigenvalue weighted by Gasteiger charge is 2.24. The predicted octanol–water partition coefficient (Wildman–Crippen LogP) is 1.95. The Morgan fingerprint density at radius 2 is 1.36 bits per heavy atom. The first-order valence-corrected chi connectivity index (χ1v) is 4.17. The van der Waals surface area contributed by atoms with Crippen LogP contribution in [0.15, 0.2) is 0 Å². The van der Waals surface area contributed by atoms with Crippen molar-refractivity contribution in [3.8, 4) is 0 Å². The number of hydrogen-bond donors (Lipinski definition) is 1. The topological polar surface area (TPSA) is 38.7 Å². The van der Waals surface area contributed by atoms with Crippen LogP contribution in [0.4, 0.5) is 13.2 Å². The van der Waals surface area contributed by atoms with Crippen molar-refractivity contribution in [2.45, 2.75) is 17.3 Å². The maximum absolute atomic E-state index is 10.5. The van der Waals surface area contributed by atoms with Crippen LogP contribution in [-0.2, 0) is 9.47 Å². The molecule has 0 saturated carbocycles. The fourth-order valence-electron chi connectivity index (χ4n) is 0.214. The first kappa shape index (κ1) is 16.7. The molecule has 3 nitrogen and oxygen atoms in total. The Kier molecular flexibility index (Phi) is 10.2. The van der Waals surface area contributed by atoms with Gasteiger partial charge in [0.2, 0.25) is 0 Å². The van der Waals surface area contributed by atoms with Gasteiger partial charge >= 0.3 is 6.18 Å². The Morgan fingerprint density at radius 3 is 1.43 bits per heavy atom. The molecule has 14 heavy (non-hydrogen) atoms. The summed E-state index contributed by atoms with van der Waals surface area (Å²) in [5, 5.41) is 7.28. The zero-order valence-corrected chi connectivity index (χ0v) is 9.03. The summed E-state index contributed by atoms with van der Waals surface area (Å²) in [6.07, 6.45) is -4.40. The molecule has 0 aliphatic carbocycles. The van der Waals surface area contributed by atoms with Gasteiger partial charge in [-0.25, -0.2) is 0 Å². The van der Waals surface area contributed by atoms with Crippen LogP contribution in [0, 0.1) is 0 Å². The minimum Gasteiger partial charge on any atom is -0.387 e. The van der Waals surface area contributed by atoms with Gasteiger partial charge in [0.25, 0.3) is 0 Å². The van der Waals surface area contributed by atoms with Gasteiger partial charge in [-0.05, 0) is 0 Å². The highest BCUT2D eigenvalue weighted by molar-refractivity contribution is 6.28. The molecule has 2 atom stereocenters. The maximum Gasteiger partial charge on any atom is 0.411 e. The SMILES string of the molecule is COC(Cl)C(Cl)OC.OCC(F)(F)F. The summed E-state index contributed by atoms with van der Waals surface area (Å²) in [4.78, 5) is 0. The molecular weight excluding hydrogens is 248 g/mol. The quantitative estimate of drug-likeness (QED) is 0.787. The van der Waals surface area contributed by atoms with Crippen molar-refractivity contribution in [1.29, 1.82) is 0 Å². The minimum atomic E-state index is -4.40. The molecule has 0 aliphatic rings. The zero-order chi connectivity index (χ0) is 11.8. The van der Waals surface area contributed by atoms with Crippen LogP contribution in [0.1, 0.15) is 0 Å². The molecule has 0 aromatic rings. The van der Waals surface area contributed by atoms with Gasteiger partial charge in [-0.3, -0.25) is 0 Å². The third-order valence-corrected chi connectivity index (χ3v) is 1.78. The van der Waals surface area contributed by atoms with Crippen LogP contribution in [0.25, 0.3) is 0 Å². The predicted molar refractivity (Wildman–Crippen MR) is 46.4 cm³/mol. The zero-order valence-electron chi connectivity index (χ0n) is 7.52. The Bertz CT molecular complexity index is 126. The van der Waals surface area contributed by atoms with Gasteiger partial charge in [-0.1, -0.05) is 23.2 Å². The van der Waals surface area contributed by atoms with E-state index in [0.29, 0.717) is 0 Å².